The van der Waals surface area contributed by atoms with E-state index in [1.54, 1.807) is 23.1 Å². The molecule has 3 aromatic carbocycles. The maximum absolute atomic E-state index is 12.7. The number of nitrogens with zero attached hydrogens (tertiary/aromatic N) is 1. The van der Waals surface area contributed by atoms with Gasteiger partial charge in [0.1, 0.15) is 6.61 Å². The Balaban J connectivity index is 1.38. The van der Waals surface area contributed by atoms with Gasteiger partial charge in [0.05, 0.1) is 23.7 Å². The van der Waals surface area contributed by atoms with Crippen LogP contribution in [0.2, 0.25) is 10.0 Å². The molecular weight excluding hydrogens is 489 g/mol. The topological polar surface area (TPSA) is 79.9 Å². The van der Waals surface area contributed by atoms with Gasteiger partial charge in [-0.2, -0.15) is 0 Å². The van der Waals surface area contributed by atoms with Crippen molar-refractivity contribution in [3.05, 3.63) is 81.8 Å². The number of hydrogen-bond acceptors (Lipinski definition) is 5. The van der Waals surface area contributed by atoms with E-state index in [0.29, 0.717) is 33.8 Å². The predicted molar refractivity (Wildman–Crippen MR) is 137 cm³/mol. The van der Waals surface area contributed by atoms with Gasteiger partial charge in [-0.05, 0) is 31.2 Å². The molecule has 7 nitrogen and oxygen atoms in total. The molecule has 4 rings (SSSR count). The zero-order chi connectivity index (χ0) is 24.9. The van der Waals surface area contributed by atoms with Gasteiger partial charge in [-0.15, -0.1) is 0 Å². The summed E-state index contributed by atoms with van der Waals surface area (Å²) in [7, 11) is 1.50. The highest BCUT2D eigenvalue weighted by atomic mass is 35.5. The van der Waals surface area contributed by atoms with E-state index in [1.807, 2.05) is 49.4 Å². The summed E-state index contributed by atoms with van der Waals surface area (Å²) >= 11 is 12.6. The lowest BCUT2D eigenvalue weighted by molar-refractivity contribution is -0.125. The number of halogens is 2. The van der Waals surface area contributed by atoms with E-state index in [-0.39, 0.29) is 24.8 Å². The highest BCUT2D eigenvalue weighted by Gasteiger charge is 2.35. The fourth-order valence-corrected chi connectivity index (χ4v) is 4.25. The van der Waals surface area contributed by atoms with Crippen LogP contribution in [0.1, 0.15) is 17.5 Å². The third-order valence-electron chi connectivity index (χ3n) is 5.73. The number of hydrogen-bond donors (Lipinski definition) is 2. The van der Waals surface area contributed by atoms with Gasteiger partial charge in [-0.3, -0.25) is 20.4 Å². The first-order valence-electron chi connectivity index (χ1n) is 11.0. The Hall–Kier alpha value is -3.42. The molecule has 1 aliphatic heterocycles. The standard InChI is InChI=1S/C26H25Cl2N3O4/c1-16-7-9-20(10-8-16)31-14-18(11-24(31)32)26(33)30-29-19-12-22(28)25(23(13-19)34-2)35-15-17-5-3-4-6-21(17)27/h3-10,12-13,18,29H,11,14-15H2,1-2H3,(H,30,33)/t18-/m1/s1. The summed E-state index contributed by atoms with van der Waals surface area (Å²) in [5.41, 5.74) is 8.73. The number of amides is 2. The van der Waals surface area contributed by atoms with Crippen LogP contribution in [0.3, 0.4) is 0 Å². The van der Waals surface area contributed by atoms with E-state index in [2.05, 4.69) is 10.9 Å². The summed E-state index contributed by atoms with van der Waals surface area (Å²) in [6.07, 6.45) is 0.139. The van der Waals surface area contributed by atoms with Crippen molar-refractivity contribution in [3.63, 3.8) is 0 Å². The molecule has 0 radical (unpaired) electrons. The zero-order valence-corrected chi connectivity index (χ0v) is 20.8. The number of anilines is 2. The third kappa shape index (κ3) is 5.81. The summed E-state index contributed by atoms with van der Waals surface area (Å²) in [6.45, 7) is 2.51. The molecule has 182 valence electrons. The van der Waals surface area contributed by atoms with Crippen molar-refractivity contribution in [1.82, 2.24) is 5.43 Å². The van der Waals surface area contributed by atoms with Crippen LogP contribution in [0.5, 0.6) is 11.5 Å². The second-order valence-electron chi connectivity index (χ2n) is 8.22. The Kier molecular flexibility index (Phi) is 7.68. The first-order valence-corrected chi connectivity index (χ1v) is 11.8. The fourth-order valence-electron chi connectivity index (χ4n) is 3.79. The monoisotopic (exact) mass is 513 g/mol. The van der Waals surface area contributed by atoms with Crippen LogP contribution in [-0.2, 0) is 16.2 Å². The van der Waals surface area contributed by atoms with E-state index in [0.717, 1.165) is 16.8 Å². The van der Waals surface area contributed by atoms with Gasteiger partial charge >= 0.3 is 0 Å². The minimum atomic E-state index is -0.480. The molecule has 1 atom stereocenters. The molecule has 0 aliphatic carbocycles. The smallest absolute Gasteiger partial charge is 0.243 e. The van der Waals surface area contributed by atoms with Gasteiger partial charge in [-0.25, -0.2) is 0 Å². The maximum atomic E-state index is 12.7. The SMILES string of the molecule is COc1cc(NNC(=O)[C@@H]2CC(=O)N(c3ccc(C)cc3)C2)cc(Cl)c1OCc1ccccc1Cl. The molecule has 35 heavy (non-hydrogen) atoms. The van der Waals surface area contributed by atoms with Crippen LogP contribution in [0.4, 0.5) is 11.4 Å². The molecule has 1 saturated heterocycles. The van der Waals surface area contributed by atoms with Crippen molar-refractivity contribution >= 4 is 46.4 Å². The summed E-state index contributed by atoms with van der Waals surface area (Å²) in [5, 5.41) is 0.893. The fraction of sp³-hybridized carbons (Fsp3) is 0.231. The molecule has 1 heterocycles. The van der Waals surface area contributed by atoms with Gasteiger partial charge < -0.3 is 14.4 Å². The second kappa shape index (κ2) is 10.9. The van der Waals surface area contributed by atoms with Crippen molar-refractivity contribution in [2.24, 2.45) is 5.92 Å². The van der Waals surface area contributed by atoms with Crippen molar-refractivity contribution in [3.8, 4) is 11.5 Å². The van der Waals surface area contributed by atoms with E-state index in [9.17, 15) is 9.59 Å². The number of methoxy groups -OCH3 is 1. The summed E-state index contributed by atoms with van der Waals surface area (Å²) in [5.74, 6) is -0.100. The van der Waals surface area contributed by atoms with E-state index in [4.69, 9.17) is 32.7 Å². The molecule has 0 saturated carbocycles. The normalized spacial score (nSPS) is 15.1. The first-order chi connectivity index (χ1) is 16.9. The summed E-state index contributed by atoms with van der Waals surface area (Å²) in [6, 6.07) is 18.3. The average Bonchev–Trinajstić information content (AvgIpc) is 3.24. The Morgan fingerprint density at radius 2 is 1.83 bits per heavy atom. The van der Waals surface area contributed by atoms with Gasteiger partial charge in [-0.1, -0.05) is 59.1 Å². The van der Waals surface area contributed by atoms with Gasteiger partial charge in [0.25, 0.3) is 0 Å². The molecule has 2 amide bonds. The Bertz CT molecular complexity index is 1230. The summed E-state index contributed by atoms with van der Waals surface area (Å²) in [4.78, 5) is 26.8. The number of benzene rings is 3. The van der Waals surface area contributed by atoms with E-state index >= 15 is 0 Å². The number of nitrogens with one attached hydrogen (secondary N) is 2. The van der Waals surface area contributed by atoms with Crippen molar-refractivity contribution in [2.45, 2.75) is 20.0 Å². The molecule has 3 aromatic rings. The highest BCUT2D eigenvalue weighted by Crippen LogP contribution is 2.39. The van der Waals surface area contributed by atoms with Crippen LogP contribution in [0, 0.1) is 12.8 Å². The zero-order valence-electron chi connectivity index (χ0n) is 19.3. The molecule has 2 N–H and O–H groups in total. The van der Waals surface area contributed by atoms with Gasteiger partial charge in [0.2, 0.25) is 11.8 Å². The molecule has 0 unspecified atom stereocenters. The van der Waals surface area contributed by atoms with Crippen LogP contribution in [0.15, 0.2) is 60.7 Å². The lowest BCUT2D eigenvalue weighted by Gasteiger charge is -2.18. The van der Waals surface area contributed by atoms with Crippen molar-refractivity contribution < 1.29 is 19.1 Å². The highest BCUT2D eigenvalue weighted by molar-refractivity contribution is 6.32. The molecule has 9 heteroatoms. The van der Waals surface area contributed by atoms with Gasteiger partial charge in [0, 0.05) is 35.3 Å². The van der Waals surface area contributed by atoms with E-state index < -0.39 is 5.92 Å². The molecular formula is C26H25Cl2N3O4. The minimum absolute atomic E-state index is 0.0845. The average molecular weight is 514 g/mol. The second-order valence-corrected chi connectivity index (χ2v) is 9.04. The number of rotatable bonds is 8. The van der Waals surface area contributed by atoms with E-state index in [1.165, 1.54) is 7.11 Å². The lowest BCUT2D eigenvalue weighted by Crippen LogP contribution is -2.36. The Morgan fingerprint density at radius 1 is 1.09 bits per heavy atom. The Morgan fingerprint density at radius 3 is 2.54 bits per heavy atom. The van der Waals surface area contributed by atoms with Crippen LogP contribution < -0.4 is 25.2 Å². The molecule has 1 aliphatic rings. The van der Waals surface area contributed by atoms with Crippen molar-refractivity contribution in [2.75, 3.05) is 24.0 Å². The quantitative estimate of drug-likeness (QED) is 0.395. The predicted octanol–water partition coefficient (Wildman–Crippen LogP) is 5.39. The number of carbonyl (C=O) groups excluding carboxylic acids is 2. The number of aryl methyl sites for hydroxylation is 1. The largest absolute Gasteiger partial charge is 0.493 e. The third-order valence-corrected chi connectivity index (χ3v) is 6.38. The molecule has 0 aromatic heterocycles. The molecule has 0 bridgehead atoms. The molecule has 1 fully saturated rings. The van der Waals surface area contributed by atoms with Gasteiger partial charge in [0.15, 0.2) is 11.5 Å². The van der Waals surface area contributed by atoms with Crippen LogP contribution in [-0.4, -0.2) is 25.5 Å². The maximum Gasteiger partial charge on any atom is 0.243 e. The minimum Gasteiger partial charge on any atom is -0.493 e. The number of ether oxygens (including phenoxy) is 2. The molecule has 0 spiro atoms. The Labute approximate surface area is 213 Å². The number of hydrazine groups is 1. The first kappa shape index (κ1) is 24.7. The van der Waals surface area contributed by atoms with Crippen molar-refractivity contribution in [1.29, 1.82) is 0 Å². The lowest BCUT2D eigenvalue weighted by atomic mass is 10.1. The summed E-state index contributed by atoms with van der Waals surface area (Å²) < 4.78 is 11.3. The number of carbonyl (C=O) groups is 2. The van der Waals surface area contributed by atoms with Crippen LogP contribution in [0.25, 0.3) is 0 Å². The van der Waals surface area contributed by atoms with Crippen LogP contribution >= 0.6 is 23.2 Å².